The van der Waals surface area contributed by atoms with Gasteiger partial charge in [-0.05, 0) is 44.8 Å². The molecule has 0 saturated heterocycles. The lowest BCUT2D eigenvalue weighted by molar-refractivity contribution is 1.48. The number of rotatable bonds is 1. The third-order valence-electron chi connectivity index (χ3n) is 4.10. The second-order valence-corrected chi connectivity index (χ2v) is 5.38. The summed E-state index contributed by atoms with van der Waals surface area (Å²) in [6.45, 7) is 0. The largest absolute Gasteiger partial charge is 0.192 e. The van der Waals surface area contributed by atoms with Crippen LogP contribution in [0.4, 0.5) is 0 Å². The Bertz CT molecular complexity index is 1040. The fraction of sp³-hybridized carbons (Fsp3) is 0. The zero-order chi connectivity index (χ0) is 14.9. The summed E-state index contributed by atoms with van der Waals surface area (Å²) in [5, 5.41) is 14.2. The molecule has 0 atom stereocenters. The van der Waals surface area contributed by atoms with Crippen molar-refractivity contribution in [3.05, 3.63) is 84.4 Å². The van der Waals surface area contributed by atoms with E-state index in [9.17, 15) is 5.26 Å². The second kappa shape index (κ2) is 5.02. The smallest absolute Gasteiger partial charge is 0.0998 e. The van der Waals surface area contributed by atoms with Crippen LogP contribution in [0.5, 0.6) is 0 Å². The standard InChI is InChI=1S/C21H13N/c22-14-18-6-2-3-7-19(18)16-11-12-21-17(13-16)10-9-15-5-1-4-8-20(15)21/h1-13H. The van der Waals surface area contributed by atoms with Crippen LogP contribution in [0, 0.1) is 11.3 Å². The molecule has 0 aromatic heterocycles. The van der Waals surface area contributed by atoms with Gasteiger partial charge < -0.3 is 0 Å². The zero-order valence-electron chi connectivity index (χ0n) is 12.0. The number of hydrogen-bond donors (Lipinski definition) is 0. The molecule has 22 heavy (non-hydrogen) atoms. The first-order valence-corrected chi connectivity index (χ1v) is 7.28. The highest BCUT2D eigenvalue weighted by atomic mass is 14.2. The molecule has 4 rings (SSSR count). The van der Waals surface area contributed by atoms with Gasteiger partial charge >= 0.3 is 0 Å². The van der Waals surface area contributed by atoms with E-state index in [4.69, 9.17) is 0 Å². The Kier molecular flexibility index (Phi) is 2.88. The van der Waals surface area contributed by atoms with Crippen molar-refractivity contribution < 1.29 is 0 Å². The van der Waals surface area contributed by atoms with Crippen LogP contribution in [0.25, 0.3) is 32.7 Å². The van der Waals surface area contributed by atoms with Gasteiger partial charge in [-0.2, -0.15) is 5.26 Å². The van der Waals surface area contributed by atoms with Crippen molar-refractivity contribution in [1.29, 1.82) is 5.26 Å². The van der Waals surface area contributed by atoms with Gasteiger partial charge in [0, 0.05) is 0 Å². The number of nitriles is 1. The van der Waals surface area contributed by atoms with E-state index < -0.39 is 0 Å². The van der Waals surface area contributed by atoms with Crippen LogP contribution in [0.2, 0.25) is 0 Å². The van der Waals surface area contributed by atoms with Crippen LogP contribution in [0.1, 0.15) is 5.56 Å². The van der Waals surface area contributed by atoms with Crippen LogP contribution in [0.3, 0.4) is 0 Å². The molecule has 102 valence electrons. The van der Waals surface area contributed by atoms with Gasteiger partial charge in [0.2, 0.25) is 0 Å². The van der Waals surface area contributed by atoms with Crippen molar-refractivity contribution in [3.63, 3.8) is 0 Å². The summed E-state index contributed by atoms with van der Waals surface area (Å²) < 4.78 is 0. The van der Waals surface area contributed by atoms with E-state index in [0.29, 0.717) is 5.56 Å². The predicted octanol–water partition coefficient (Wildman–Crippen LogP) is 5.53. The van der Waals surface area contributed by atoms with Gasteiger partial charge in [0.05, 0.1) is 11.6 Å². The highest BCUT2D eigenvalue weighted by molar-refractivity contribution is 6.08. The van der Waals surface area contributed by atoms with E-state index in [1.165, 1.54) is 21.5 Å². The minimum absolute atomic E-state index is 0.711. The number of nitrogens with zero attached hydrogens (tertiary/aromatic N) is 1. The van der Waals surface area contributed by atoms with Gasteiger partial charge in [-0.3, -0.25) is 0 Å². The Labute approximate surface area is 129 Å². The molecule has 0 N–H and O–H groups in total. The molecule has 4 aromatic carbocycles. The van der Waals surface area contributed by atoms with Gasteiger partial charge in [0.15, 0.2) is 0 Å². The maximum absolute atomic E-state index is 9.28. The molecule has 0 unspecified atom stereocenters. The molecule has 0 heterocycles. The Hall–Kier alpha value is -3.11. The van der Waals surface area contributed by atoms with Gasteiger partial charge in [-0.15, -0.1) is 0 Å². The highest BCUT2D eigenvalue weighted by Crippen LogP contribution is 2.30. The Balaban J connectivity index is 1.99. The monoisotopic (exact) mass is 279 g/mol. The summed E-state index contributed by atoms with van der Waals surface area (Å²) in [5.41, 5.74) is 2.78. The van der Waals surface area contributed by atoms with E-state index in [1.54, 1.807) is 0 Å². The summed E-state index contributed by atoms with van der Waals surface area (Å²) in [6, 6.07) is 29.1. The maximum atomic E-state index is 9.28. The van der Waals surface area contributed by atoms with Crippen molar-refractivity contribution in [1.82, 2.24) is 0 Å². The minimum Gasteiger partial charge on any atom is -0.192 e. The first-order chi connectivity index (χ1) is 10.9. The number of hydrogen-bond acceptors (Lipinski definition) is 1. The molecule has 1 nitrogen and oxygen atoms in total. The Morgan fingerprint density at radius 2 is 1.36 bits per heavy atom. The molecule has 0 radical (unpaired) electrons. The molecule has 0 aliphatic heterocycles. The number of fused-ring (bicyclic) bond motifs is 3. The average molecular weight is 279 g/mol. The third-order valence-corrected chi connectivity index (χ3v) is 4.10. The van der Waals surface area contributed by atoms with Gasteiger partial charge in [-0.25, -0.2) is 0 Å². The Morgan fingerprint density at radius 1 is 0.636 bits per heavy atom. The molecule has 4 aromatic rings. The second-order valence-electron chi connectivity index (χ2n) is 5.38. The van der Waals surface area contributed by atoms with Crippen LogP contribution >= 0.6 is 0 Å². The van der Waals surface area contributed by atoms with Crippen molar-refractivity contribution in [3.8, 4) is 17.2 Å². The highest BCUT2D eigenvalue weighted by Gasteiger charge is 2.06. The summed E-state index contributed by atoms with van der Waals surface area (Å²) in [7, 11) is 0. The van der Waals surface area contributed by atoms with Crippen LogP contribution < -0.4 is 0 Å². The molecule has 0 fully saturated rings. The van der Waals surface area contributed by atoms with Crippen molar-refractivity contribution >= 4 is 21.5 Å². The first-order valence-electron chi connectivity index (χ1n) is 7.28. The van der Waals surface area contributed by atoms with Crippen LogP contribution in [-0.2, 0) is 0 Å². The first kappa shape index (κ1) is 12.6. The maximum Gasteiger partial charge on any atom is 0.0998 e. The third kappa shape index (κ3) is 1.94. The summed E-state index contributed by atoms with van der Waals surface area (Å²) in [5.74, 6) is 0. The van der Waals surface area contributed by atoms with E-state index in [1.807, 2.05) is 24.3 Å². The molecule has 0 saturated carbocycles. The lowest BCUT2D eigenvalue weighted by atomic mass is 9.95. The van der Waals surface area contributed by atoms with E-state index in [-0.39, 0.29) is 0 Å². The average Bonchev–Trinajstić information content (AvgIpc) is 2.61. The molecule has 0 bridgehead atoms. The van der Waals surface area contributed by atoms with E-state index in [2.05, 4.69) is 60.7 Å². The van der Waals surface area contributed by atoms with Crippen molar-refractivity contribution in [2.45, 2.75) is 0 Å². The van der Waals surface area contributed by atoms with Crippen LogP contribution in [0.15, 0.2) is 78.9 Å². The SMILES string of the molecule is N#Cc1ccccc1-c1ccc2c(ccc3ccccc32)c1. The van der Waals surface area contributed by atoms with Crippen LogP contribution in [-0.4, -0.2) is 0 Å². The topological polar surface area (TPSA) is 23.8 Å². The summed E-state index contributed by atoms with van der Waals surface area (Å²) in [6.07, 6.45) is 0. The predicted molar refractivity (Wildman–Crippen MR) is 91.6 cm³/mol. The molecular weight excluding hydrogens is 266 g/mol. The normalized spacial score (nSPS) is 10.7. The fourth-order valence-electron chi connectivity index (χ4n) is 3.01. The van der Waals surface area contributed by atoms with Crippen molar-refractivity contribution in [2.75, 3.05) is 0 Å². The minimum atomic E-state index is 0.711. The number of benzene rings is 4. The quantitative estimate of drug-likeness (QED) is 0.420. The van der Waals surface area contributed by atoms with Gasteiger partial charge in [0.25, 0.3) is 0 Å². The lowest BCUT2D eigenvalue weighted by Crippen LogP contribution is -1.85. The zero-order valence-corrected chi connectivity index (χ0v) is 12.0. The van der Waals surface area contributed by atoms with E-state index in [0.717, 1.165) is 11.1 Å². The lowest BCUT2D eigenvalue weighted by Gasteiger charge is -2.08. The molecular formula is C21H13N. The molecule has 0 aliphatic rings. The summed E-state index contributed by atoms with van der Waals surface area (Å²) >= 11 is 0. The summed E-state index contributed by atoms with van der Waals surface area (Å²) in [4.78, 5) is 0. The molecule has 0 aliphatic carbocycles. The van der Waals surface area contributed by atoms with Gasteiger partial charge in [0.1, 0.15) is 0 Å². The fourth-order valence-corrected chi connectivity index (χ4v) is 3.01. The molecule has 1 heteroatoms. The van der Waals surface area contributed by atoms with Gasteiger partial charge in [-0.1, -0.05) is 66.7 Å². The molecule has 0 amide bonds. The van der Waals surface area contributed by atoms with E-state index >= 15 is 0 Å². The Morgan fingerprint density at radius 3 is 2.27 bits per heavy atom. The van der Waals surface area contributed by atoms with Crippen molar-refractivity contribution in [2.24, 2.45) is 0 Å². The molecule has 0 spiro atoms.